The van der Waals surface area contributed by atoms with Gasteiger partial charge in [-0.3, -0.25) is 0 Å². The van der Waals surface area contributed by atoms with Crippen molar-refractivity contribution in [2.45, 2.75) is 13.0 Å². The standard InChI is InChI=1S/C14H13BrFNO/c1-9(10-5-3-2-4-6-10)18-14-7-11(15)12(16)8-13(14)17/h2-9H,17H2,1H3. The van der Waals surface area contributed by atoms with Crippen molar-refractivity contribution >= 4 is 21.6 Å². The number of hydrogen-bond donors (Lipinski definition) is 1. The number of nitrogens with two attached hydrogens (primary N) is 1. The van der Waals surface area contributed by atoms with E-state index in [4.69, 9.17) is 10.5 Å². The van der Waals surface area contributed by atoms with E-state index in [1.807, 2.05) is 37.3 Å². The highest BCUT2D eigenvalue weighted by atomic mass is 79.9. The average Bonchev–Trinajstić information content (AvgIpc) is 2.37. The summed E-state index contributed by atoms with van der Waals surface area (Å²) in [6.45, 7) is 1.92. The Kier molecular flexibility index (Phi) is 3.87. The topological polar surface area (TPSA) is 35.2 Å². The van der Waals surface area contributed by atoms with Gasteiger partial charge in [0.25, 0.3) is 0 Å². The monoisotopic (exact) mass is 309 g/mol. The summed E-state index contributed by atoms with van der Waals surface area (Å²) in [7, 11) is 0. The summed E-state index contributed by atoms with van der Waals surface area (Å²) in [6, 6.07) is 12.6. The minimum Gasteiger partial charge on any atom is -0.484 e. The molecule has 0 aliphatic heterocycles. The molecule has 4 heteroatoms. The highest BCUT2D eigenvalue weighted by Gasteiger charge is 2.11. The van der Waals surface area contributed by atoms with Gasteiger partial charge < -0.3 is 10.5 Å². The molecular formula is C14H13BrFNO. The normalized spacial score (nSPS) is 12.2. The van der Waals surface area contributed by atoms with E-state index in [2.05, 4.69) is 15.9 Å². The Morgan fingerprint density at radius 3 is 2.56 bits per heavy atom. The lowest BCUT2D eigenvalue weighted by Gasteiger charge is -2.17. The van der Waals surface area contributed by atoms with E-state index in [1.54, 1.807) is 6.07 Å². The highest BCUT2D eigenvalue weighted by molar-refractivity contribution is 9.10. The van der Waals surface area contributed by atoms with Crippen LogP contribution in [-0.2, 0) is 0 Å². The lowest BCUT2D eigenvalue weighted by molar-refractivity contribution is 0.228. The Morgan fingerprint density at radius 1 is 1.22 bits per heavy atom. The van der Waals surface area contributed by atoms with Crippen LogP contribution in [0.25, 0.3) is 0 Å². The molecule has 2 N–H and O–H groups in total. The van der Waals surface area contributed by atoms with Crippen molar-refractivity contribution in [1.82, 2.24) is 0 Å². The molecule has 0 heterocycles. The number of ether oxygens (including phenoxy) is 1. The zero-order valence-corrected chi connectivity index (χ0v) is 11.4. The van der Waals surface area contributed by atoms with Crippen LogP contribution in [-0.4, -0.2) is 0 Å². The SMILES string of the molecule is CC(Oc1cc(Br)c(F)cc1N)c1ccccc1. The molecule has 2 aromatic carbocycles. The molecule has 94 valence electrons. The molecule has 1 atom stereocenters. The minimum absolute atomic E-state index is 0.147. The first kappa shape index (κ1) is 12.9. The van der Waals surface area contributed by atoms with Gasteiger partial charge in [-0.05, 0) is 34.5 Å². The quantitative estimate of drug-likeness (QED) is 0.857. The highest BCUT2D eigenvalue weighted by Crippen LogP contribution is 2.31. The molecule has 2 rings (SSSR count). The van der Waals surface area contributed by atoms with Crippen molar-refractivity contribution < 1.29 is 9.13 Å². The van der Waals surface area contributed by atoms with Gasteiger partial charge >= 0.3 is 0 Å². The van der Waals surface area contributed by atoms with E-state index < -0.39 is 5.82 Å². The lowest BCUT2D eigenvalue weighted by Crippen LogP contribution is -2.05. The van der Waals surface area contributed by atoms with Crippen molar-refractivity contribution in [3.05, 3.63) is 58.3 Å². The molecule has 0 fully saturated rings. The van der Waals surface area contributed by atoms with E-state index in [-0.39, 0.29) is 6.10 Å². The largest absolute Gasteiger partial charge is 0.484 e. The Labute approximate surface area is 114 Å². The zero-order chi connectivity index (χ0) is 13.1. The first-order valence-corrected chi connectivity index (χ1v) is 6.33. The first-order chi connectivity index (χ1) is 8.58. The number of benzene rings is 2. The molecule has 0 saturated heterocycles. The van der Waals surface area contributed by atoms with Gasteiger partial charge in [-0.25, -0.2) is 4.39 Å². The second-order valence-electron chi connectivity index (χ2n) is 3.97. The third-order valence-corrected chi connectivity index (χ3v) is 3.23. The van der Waals surface area contributed by atoms with Gasteiger partial charge in [0.1, 0.15) is 17.7 Å². The summed E-state index contributed by atoms with van der Waals surface area (Å²) in [5.41, 5.74) is 7.06. The van der Waals surface area contributed by atoms with Gasteiger partial charge in [0.2, 0.25) is 0 Å². The van der Waals surface area contributed by atoms with Gasteiger partial charge in [0.05, 0.1) is 10.2 Å². The molecule has 0 bridgehead atoms. The van der Waals surface area contributed by atoms with E-state index in [0.717, 1.165) is 5.56 Å². The molecule has 2 nitrogen and oxygen atoms in total. The average molecular weight is 310 g/mol. The molecule has 1 unspecified atom stereocenters. The summed E-state index contributed by atoms with van der Waals surface area (Å²) < 4.78 is 19.3. The molecule has 0 aliphatic carbocycles. The first-order valence-electron chi connectivity index (χ1n) is 5.54. The van der Waals surface area contributed by atoms with Crippen LogP contribution >= 0.6 is 15.9 Å². The van der Waals surface area contributed by atoms with Crippen LogP contribution < -0.4 is 10.5 Å². The molecule has 0 aromatic heterocycles. The van der Waals surface area contributed by atoms with Gasteiger partial charge in [-0.2, -0.15) is 0 Å². The summed E-state index contributed by atoms with van der Waals surface area (Å²) in [6.07, 6.45) is -0.147. The van der Waals surface area contributed by atoms with E-state index >= 15 is 0 Å². The van der Waals surface area contributed by atoms with Gasteiger partial charge in [-0.15, -0.1) is 0 Å². The predicted octanol–water partition coefficient (Wildman–Crippen LogP) is 4.31. The maximum absolute atomic E-state index is 13.2. The predicted molar refractivity (Wildman–Crippen MR) is 74.0 cm³/mol. The zero-order valence-electron chi connectivity index (χ0n) is 9.86. The maximum Gasteiger partial charge on any atom is 0.144 e. The maximum atomic E-state index is 13.2. The second-order valence-corrected chi connectivity index (χ2v) is 4.83. The summed E-state index contributed by atoms with van der Waals surface area (Å²) in [5.74, 6) is 0.0758. The third kappa shape index (κ3) is 2.82. The number of hydrogen-bond acceptors (Lipinski definition) is 2. The molecule has 0 amide bonds. The van der Waals surface area contributed by atoms with Crippen molar-refractivity contribution in [2.24, 2.45) is 0 Å². The Balaban J connectivity index is 2.22. The van der Waals surface area contributed by atoms with Gasteiger partial charge in [-0.1, -0.05) is 30.3 Å². The van der Waals surface area contributed by atoms with Crippen LogP contribution in [0.4, 0.5) is 10.1 Å². The number of nitrogen functional groups attached to an aromatic ring is 1. The fourth-order valence-corrected chi connectivity index (χ4v) is 1.95. The molecule has 18 heavy (non-hydrogen) atoms. The fraction of sp³-hybridized carbons (Fsp3) is 0.143. The van der Waals surface area contributed by atoms with E-state index in [0.29, 0.717) is 15.9 Å². The van der Waals surface area contributed by atoms with Crippen LogP contribution in [0.15, 0.2) is 46.9 Å². The van der Waals surface area contributed by atoms with Crippen molar-refractivity contribution in [3.63, 3.8) is 0 Å². The van der Waals surface area contributed by atoms with Crippen molar-refractivity contribution in [2.75, 3.05) is 5.73 Å². The molecule has 0 spiro atoms. The van der Waals surface area contributed by atoms with Crippen molar-refractivity contribution in [3.8, 4) is 5.75 Å². The van der Waals surface area contributed by atoms with E-state index in [1.165, 1.54) is 6.07 Å². The Bertz CT molecular complexity index is 545. The smallest absolute Gasteiger partial charge is 0.144 e. The summed E-state index contributed by atoms with van der Waals surface area (Å²) >= 11 is 3.12. The molecule has 0 aliphatic rings. The van der Waals surface area contributed by atoms with Gasteiger partial charge in [0.15, 0.2) is 0 Å². The number of halogens is 2. The van der Waals surface area contributed by atoms with Gasteiger partial charge in [0, 0.05) is 6.07 Å². The second kappa shape index (κ2) is 5.40. The van der Waals surface area contributed by atoms with Crippen LogP contribution in [0.1, 0.15) is 18.6 Å². The third-order valence-electron chi connectivity index (χ3n) is 2.63. The van der Waals surface area contributed by atoms with Crippen molar-refractivity contribution in [1.29, 1.82) is 0 Å². The summed E-state index contributed by atoms with van der Waals surface area (Å²) in [4.78, 5) is 0. The Morgan fingerprint density at radius 2 is 1.89 bits per heavy atom. The van der Waals surface area contributed by atoms with Crippen LogP contribution in [0.3, 0.4) is 0 Å². The fourth-order valence-electron chi connectivity index (χ4n) is 1.63. The molecule has 2 aromatic rings. The van der Waals surface area contributed by atoms with Crippen LogP contribution in [0.2, 0.25) is 0 Å². The summed E-state index contributed by atoms with van der Waals surface area (Å²) in [5, 5.41) is 0. The minimum atomic E-state index is -0.396. The number of rotatable bonds is 3. The number of anilines is 1. The van der Waals surface area contributed by atoms with E-state index in [9.17, 15) is 4.39 Å². The molecule has 0 radical (unpaired) electrons. The Hall–Kier alpha value is -1.55. The lowest BCUT2D eigenvalue weighted by atomic mass is 10.1. The molecule has 0 saturated carbocycles. The molecular weight excluding hydrogens is 297 g/mol. The van der Waals surface area contributed by atoms with Crippen LogP contribution in [0.5, 0.6) is 5.75 Å². The van der Waals surface area contributed by atoms with Crippen LogP contribution in [0, 0.1) is 5.82 Å².